The molecule has 0 aliphatic carbocycles. The van der Waals surface area contributed by atoms with Crippen molar-refractivity contribution in [1.82, 2.24) is 15.5 Å². The van der Waals surface area contributed by atoms with Crippen molar-refractivity contribution in [3.8, 4) is 34.3 Å². The number of methoxy groups -OCH3 is 1. The van der Waals surface area contributed by atoms with Gasteiger partial charge in [-0.25, -0.2) is 0 Å². The van der Waals surface area contributed by atoms with E-state index in [1.54, 1.807) is 19.2 Å². The molecule has 1 aromatic heterocycles. The van der Waals surface area contributed by atoms with E-state index in [0.29, 0.717) is 49.2 Å². The zero-order valence-electron chi connectivity index (χ0n) is 21.3. The Labute approximate surface area is 211 Å². The average Bonchev–Trinajstić information content (AvgIpc) is 3.56. The van der Waals surface area contributed by atoms with Gasteiger partial charge in [-0.15, -0.1) is 0 Å². The van der Waals surface area contributed by atoms with Crippen LogP contribution in [0.2, 0.25) is 0 Å². The van der Waals surface area contributed by atoms with Gasteiger partial charge in [-0.3, -0.25) is 9.89 Å². The second-order valence-electron chi connectivity index (χ2n) is 8.37. The number of carbonyl (C=O) groups is 1. The lowest BCUT2D eigenvalue weighted by Crippen LogP contribution is -2.37. The molecule has 1 aliphatic rings. The number of rotatable bonds is 11. The smallest absolute Gasteiger partial charge is 0.251 e. The van der Waals surface area contributed by atoms with Gasteiger partial charge in [-0.1, -0.05) is 0 Å². The Morgan fingerprint density at radius 2 is 1.69 bits per heavy atom. The molecule has 1 atom stereocenters. The Bertz CT molecular complexity index is 1130. The number of nitrogens with zero attached hydrogens (tertiary/aromatic N) is 2. The van der Waals surface area contributed by atoms with Crippen LogP contribution in [0.25, 0.3) is 11.3 Å². The lowest BCUT2D eigenvalue weighted by atomic mass is 10.1. The number of hydrogen-bond acceptors (Lipinski definition) is 7. The Balaban J connectivity index is 1.43. The van der Waals surface area contributed by atoms with Crippen LogP contribution in [-0.2, 0) is 0 Å². The molecule has 1 aliphatic heterocycles. The molecular weight excluding hydrogens is 460 g/mol. The summed E-state index contributed by atoms with van der Waals surface area (Å²) in [6.45, 7) is 8.54. The highest BCUT2D eigenvalue weighted by atomic mass is 16.5. The number of nitrogens with one attached hydrogen (secondary N) is 2. The van der Waals surface area contributed by atoms with Crippen molar-refractivity contribution in [3.05, 3.63) is 48.0 Å². The number of anilines is 1. The van der Waals surface area contributed by atoms with Gasteiger partial charge in [0.2, 0.25) is 5.75 Å². The van der Waals surface area contributed by atoms with Crippen molar-refractivity contribution >= 4 is 11.7 Å². The second-order valence-corrected chi connectivity index (χ2v) is 8.37. The highest BCUT2D eigenvalue weighted by molar-refractivity contribution is 5.96. The van der Waals surface area contributed by atoms with E-state index in [0.717, 1.165) is 35.8 Å². The van der Waals surface area contributed by atoms with Crippen LogP contribution >= 0.6 is 0 Å². The van der Waals surface area contributed by atoms with Crippen LogP contribution in [-0.4, -0.2) is 62.2 Å². The zero-order chi connectivity index (χ0) is 25.5. The fraction of sp³-hybridized carbons (Fsp3) is 0.407. The number of amides is 1. The van der Waals surface area contributed by atoms with Gasteiger partial charge in [0.15, 0.2) is 17.3 Å². The van der Waals surface area contributed by atoms with Crippen molar-refractivity contribution in [2.75, 3.05) is 44.9 Å². The average molecular weight is 495 g/mol. The van der Waals surface area contributed by atoms with Crippen molar-refractivity contribution in [2.45, 2.75) is 33.2 Å². The first-order valence-electron chi connectivity index (χ1n) is 12.4. The van der Waals surface area contributed by atoms with E-state index in [4.69, 9.17) is 18.9 Å². The normalized spacial score (nSPS) is 15.0. The fourth-order valence-corrected chi connectivity index (χ4v) is 4.27. The molecule has 1 amide bonds. The minimum atomic E-state index is -0.173. The summed E-state index contributed by atoms with van der Waals surface area (Å²) in [6.07, 6.45) is 0.824. The molecule has 4 rings (SSSR count). The number of H-pyrrole nitrogens is 1. The first-order chi connectivity index (χ1) is 17.6. The van der Waals surface area contributed by atoms with Crippen molar-refractivity contribution in [1.29, 1.82) is 0 Å². The van der Waals surface area contributed by atoms with Crippen molar-refractivity contribution < 1.29 is 23.7 Å². The van der Waals surface area contributed by atoms with Crippen LogP contribution in [0.4, 0.5) is 5.82 Å². The summed E-state index contributed by atoms with van der Waals surface area (Å²) in [7, 11) is 1.65. The molecule has 0 bridgehead atoms. The molecule has 3 aromatic rings. The van der Waals surface area contributed by atoms with Crippen LogP contribution in [0.5, 0.6) is 23.0 Å². The molecule has 36 heavy (non-hydrogen) atoms. The molecular formula is C27H34N4O5. The molecule has 2 aromatic carbocycles. The summed E-state index contributed by atoms with van der Waals surface area (Å²) in [5.41, 5.74) is 2.44. The fourth-order valence-electron chi connectivity index (χ4n) is 4.27. The molecule has 0 saturated carbocycles. The molecule has 9 nitrogen and oxygen atoms in total. The summed E-state index contributed by atoms with van der Waals surface area (Å²) >= 11 is 0. The number of aromatic amines is 1. The molecule has 1 saturated heterocycles. The van der Waals surface area contributed by atoms with Gasteiger partial charge >= 0.3 is 0 Å². The predicted octanol–water partition coefficient (Wildman–Crippen LogP) is 4.29. The van der Waals surface area contributed by atoms with Gasteiger partial charge in [0.1, 0.15) is 5.75 Å². The maximum Gasteiger partial charge on any atom is 0.251 e. The van der Waals surface area contributed by atoms with Crippen molar-refractivity contribution in [3.63, 3.8) is 0 Å². The minimum Gasteiger partial charge on any atom is -0.497 e. The first kappa shape index (κ1) is 25.2. The van der Waals surface area contributed by atoms with E-state index in [9.17, 15) is 4.79 Å². The van der Waals surface area contributed by atoms with Crippen molar-refractivity contribution in [2.24, 2.45) is 0 Å². The molecule has 192 valence electrons. The van der Waals surface area contributed by atoms with Gasteiger partial charge in [-0.05, 0) is 69.2 Å². The van der Waals surface area contributed by atoms with Gasteiger partial charge in [-0.2, -0.15) is 5.10 Å². The minimum absolute atomic E-state index is 0.00343. The van der Waals surface area contributed by atoms with Crippen LogP contribution in [0.15, 0.2) is 42.5 Å². The van der Waals surface area contributed by atoms with Crippen LogP contribution < -0.4 is 29.2 Å². The summed E-state index contributed by atoms with van der Waals surface area (Å²) in [6, 6.07) is 13.3. The van der Waals surface area contributed by atoms with E-state index in [1.807, 2.05) is 51.1 Å². The topological polar surface area (TPSA) is 97.9 Å². The monoisotopic (exact) mass is 494 g/mol. The molecule has 0 unspecified atom stereocenters. The van der Waals surface area contributed by atoms with Gasteiger partial charge in [0.25, 0.3) is 5.91 Å². The molecule has 0 spiro atoms. The summed E-state index contributed by atoms with van der Waals surface area (Å²) in [5, 5.41) is 10.8. The first-order valence-corrected chi connectivity index (χ1v) is 12.4. The summed E-state index contributed by atoms with van der Waals surface area (Å²) < 4.78 is 22.5. The largest absolute Gasteiger partial charge is 0.497 e. The Morgan fingerprint density at radius 1 is 1.03 bits per heavy atom. The third kappa shape index (κ3) is 5.67. The highest BCUT2D eigenvalue weighted by Gasteiger charge is 2.27. The predicted molar refractivity (Wildman–Crippen MR) is 139 cm³/mol. The number of ether oxygens (including phenoxy) is 4. The lowest BCUT2D eigenvalue weighted by Gasteiger charge is -2.18. The molecule has 1 fully saturated rings. The highest BCUT2D eigenvalue weighted by Crippen LogP contribution is 2.39. The SMILES string of the molecule is CCOc1cc(C(=O)N[C@@H]2CCN(c3cc(-c4ccc(OC)cc4)[nH]n3)C2)cc(OCC)c1OCC. The van der Waals surface area contributed by atoms with Gasteiger partial charge < -0.3 is 29.2 Å². The standard InChI is InChI=1S/C27H34N4O5/c1-5-34-23-14-19(15-24(35-6-2)26(23)36-7-3)27(32)28-20-12-13-31(17-20)25-16-22(29-30-25)18-8-10-21(33-4)11-9-18/h8-11,14-16,20H,5-7,12-13,17H2,1-4H3,(H,28,32)(H,29,30)/t20-/m1/s1. The van der Waals surface area contributed by atoms with E-state index < -0.39 is 0 Å². The second kappa shape index (κ2) is 11.7. The molecule has 2 N–H and O–H groups in total. The Kier molecular flexibility index (Phi) is 8.20. The van der Waals surface area contributed by atoms with Crippen LogP contribution in [0, 0.1) is 0 Å². The maximum atomic E-state index is 13.2. The van der Waals surface area contributed by atoms with Gasteiger partial charge in [0, 0.05) is 30.8 Å². The number of aromatic nitrogens is 2. The van der Waals surface area contributed by atoms with E-state index >= 15 is 0 Å². The van der Waals surface area contributed by atoms with Crippen LogP contribution in [0.1, 0.15) is 37.6 Å². The molecule has 0 radical (unpaired) electrons. The Hall–Kier alpha value is -3.88. The summed E-state index contributed by atoms with van der Waals surface area (Å²) in [4.78, 5) is 15.3. The third-order valence-electron chi connectivity index (χ3n) is 5.98. The van der Waals surface area contributed by atoms with E-state index in [-0.39, 0.29) is 11.9 Å². The maximum absolute atomic E-state index is 13.2. The van der Waals surface area contributed by atoms with E-state index in [1.165, 1.54) is 0 Å². The number of hydrogen-bond donors (Lipinski definition) is 2. The van der Waals surface area contributed by atoms with Crippen LogP contribution in [0.3, 0.4) is 0 Å². The number of benzene rings is 2. The summed E-state index contributed by atoms with van der Waals surface area (Å²) in [5.74, 6) is 3.03. The molecule has 9 heteroatoms. The molecule has 2 heterocycles. The third-order valence-corrected chi connectivity index (χ3v) is 5.98. The van der Waals surface area contributed by atoms with E-state index in [2.05, 4.69) is 20.4 Å². The number of carbonyl (C=O) groups excluding carboxylic acids is 1. The zero-order valence-corrected chi connectivity index (χ0v) is 21.3. The van der Waals surface area contributed by atoms with Gasteiger partial charge in [0.05, 0.1) is 32.6 Å². The quantitative estimate of drug-likeness (QED) is 0.410. The Morgan fingerprint density at radius 3 is 2.31 bits per heavy atom. The lowest BCUT2D eigenvalue weighted by molar-refractivity contribution is 0.0939.